The number of hydrogen-bond donors (Lipinski definition) is 2. The zero-order valence-corrected chi connectivity index (χ0v) is 14.8. The molecule has 2 aromatic rings. The summed E-state index contributed by atoms with van der Waals surface area (Å²) in [4.78, 5) is 28.3. The van der Waals surface area contributed by atoms with Gasteiger partial charge in [-0.1, -0.05) is 43.2 Å². The van der Waals surface area contributed by atoms with E-state index >= 15 is 0 Å². The third-order valence-corrected chi connectivity index (χ3v) is 5.61. The highest BCUT2D eigenvalue weighted by molar-refractivity contribution is 7.13. The van der Waals surface area contributed by atoms with Crippen molar-refractivity contribution in [2.24, 2.45) is 11.8 Å². The summed E-state index contributed by atoms with van der Waals surface area (Å²) in [6.45, 7) is 0.486. The van der Waals surface area contributed by atoms with Crippen LogP contribution < -0.4 is 5.32 Å². The van der Waals surface area contributed by atoms with Crippen molar-refractivity contribution in [3.63, 3.8) is 0 Å². The Morgan fingerprint density at radius 3 is 2.60 bits per heavy atom. The quantitative estimate of drug-likeness (QED) is 0.830. The summed E-state index contributed by atoms with van der Waals surface area (Å²) >= 11 is 1.59. The molecule has 0 bridgehead atoms. The zero-order valence-electron chi connectivity index (χ0n) is 14.0. The topological polar surface area (TPSA) is 79.3 Å². The Labute approximate surface area is 151 Å². The third kappa shape index (κ3) is 4.45. The van der Waals surface area contributed by atoms with Crippen LogP contribution in [0.15, 0.2) is 35.7 Å². The summed E-state index contributed by atoms with van der Waals surface area (Å²) in [5.41, 5.74) is 2.04. The Hall–Kier alpha value is -2.21. The number of benzene rings is 1. The van der Waals surface area contributed by atoms with Gasteiger partial charge in [-0.2, -0.15) is 0 Å². The van der Waals surface area contributed by atoms with Crippen LogP contribution in [-0.4, -0.2) is 28.5 Å². The summed E-state index contributed by atoms with van der Waals surface area (Å²) in [5, 5.41) is 15.2. The number of aromatic nitrogens is 1. The first kappa shape index (κ1) is 17.6. The van der Waals surface area contributed by atoms with Gasteiger partial charge >= 0.3 is 5.97 Å². The Balaban J connectivity index is 1.52. The van der Waals surface area contributed by atoms with Gasteiger partial charge in [0.15, 0.2) is 0 Å². The summed E-state index contributed by atoms with van der Waals surface area (Å²) < 4.78 is 0. The minimum Gasteiger partial charge on any atom is -0.481 e. The molecule has 6 heteroatoms. The Morgan fingerprint density at radius 1 is 1.16 bits per heavy atom. The minimum atomic E-state index is -0.855. The van der Waals surface area contributed by atoms with E-state index in [-0.39, 0.29) is 5.91 Å². The largest absolute Gasteiger partial charge is 0.481 e. The number of nitrogens with one attached hydrogen (secondary N) is 1. The molecule has 3 rings (SSSR count). The van der Waals surface area contributed by atoms with E-state index in [0.29, 0.717) is 25.8 Å². The molecule has 5 nitrogen and oxygen atoms in total. The van der Waals surface area contributed by atoms with Gasteiger partial charge in [-0.3, -0.25) is 9.59 Å². The highest BCUT2D eigenvalue weighted by atomic mass is 32.1. The second-order valence-electron chi connectivity index (χ2n) is 6.39. The zero-order chi connectivity index (χ0) is 17.6. The normalized spacial score (nSPS) is 20.2. The molecule has 1 amide bonds. The van der Waals surface area contributed by atoms with Crippen molar-refractivity contribution in [1.82, 2.24) is 10.3 Å². The van der Waals surface area contributed by atoms with Crippen LogP contribution in [0.25, 0.3) is 10.6 Å². The first-order valence-electron chi connectivity index (χ1n) is 8.65. The lowest BCUT2D eigenvalue weighted by atomic mass is 9.78. The number of carbonyl (C=O) groups is 2. The molecule has 0 spiro atoms. The molecule has 1 saturated carbocycles. The van der Waals surface area contributed by atoms with Crippen molar-refractivity contribution >= 4 is 23.2 Å². The Kier molecular flexibility index (Phi) is 5.81. The molecule has 1 heterocycles. The molecule has 2 N–H and O–H groups in total. The number of carbonyl (C=O) groups excluding carboxylic acids is 1. The molecule has 1 aliphatic rings. The van der Waals surface area contributed by atoms with Gasteiger partial charge in [0.1, 0.15) is 5.01 Å². The number of carboxylic acids is 1. The molecule has 132 valence electrons. The van der Waals surface area contributed by atoms with E-state index in [2.05, 4.69) is 10.3 Å². The van der Waals surface area contributed by atoms with Crippen LogP contribution in [-0.2, 0) is 16.0 Å². The van der Waals surface area contributed by atoms with Crippen molar-refractivity contribution in [3.05, 3.63) is 41.4 Å². The lowest BCUT2D eigenvalue weighted by Gasteiger charge is -2.27. The van der Waals surface area contributed by atoms with Gasteiger partial charge in [-0.05, 0) is 12.8 Å². The molecule has 0 unspecified atom stereocenters. The summed E-state index contributed by atoms with van der Waals surface area (Å²) in [7, 11) is 0. The maximum absolute atomic E-state index is 12.3. The van der Waals surface area contributed by atoms with Crippen LogP contribution in [0.4, 0.5) is 0 Å². The summed E-state index contributed by atoms with van der Waals surface area (Å²) in [5.74, 6) is -1.93. The molecule has 25 heavy (non-hydrogen) atoms. The average molecular weight is 358 g/mol. The van der Waals surface area contributed by atoms with Gasteiger partial charge in [0, 0.05) is 23.9 Å². The SMILES string of the molecule is O=C(O)[C@H]1CCCC[C@H]1C(=O)NCCc1csc(-c2ccccc2)n1. The van der Waals surface area contributed by atoms with E-state index in [0.717, 1.165) is 29.1 Å². The maximum Gasteiger partial charge on any atom is 0.307 e. The van der Waals surface area contributed by atoms with E-state index in [1.165, 1.54) is 0 Å². The summed E-state index contributed by atoms with van der Waals surface area (Å²) in [6.07, 6.45) is 3.73. The fourth-order valence-corrected chi connectivity index (χ4v) is 4.18. The van der Waals surface area contributed by atoms with Crippen LogP contribution >= 0.6 is 11.3 Å². The number of aliphatic carboxylic acids is 1. The van der Waals surface area contributed by atoms with Crippen LogP contribution in [0.2, 0.25) is 0 Å². The van der Waals surface area contributed by atoms with Crippen molar-refractivity contribution in [2.45, 2.75) is 32.1 Å². The van der Waals surface area contributed by atoms with Gasteiger partial charge in [0.25, 0.3) is 0 Å². The van der Waals surface area contributed by atoms with Gasteiger partial charge in [0.05, 0.1) is 17.5 Å². The molecular weight excluding hydrogens is 336 g/mol. The van der Waals surface area contributed by atoms with Crippen molar-refractivity contribution in [2.75, 3.05) is 6.54 Å². The molecule has 2 atom stereocenters. The standard InChI is InChI=1S/C19H22N2O3S/c22-17(15-8-4-5-9-16(15)19(23)24)20-11-10-14-12-25-18(21-14)13-6-2-1-3-7-13/h1-3,6-7,12,15-16H,4-5,8-11H2,(H,20,22)(H,23,24)/t15-,16+/m1/s1. The molecule has 1 fully saturated rings. The third-order valence-electron chi connectivity index (χ3n) is 4.67. The molecule has 1 aromatic heterocycles. The molecule has 1 aliphatic carbocycles. The fourth-order valence-electron chi connectivity index (χ4n) is 3.32. The number of rotatable bonds is 6. The predicted molar refractivity (Wildman–Crippen MR) is 97.3 cm³/mol. The highest BCUT2D eigenvalue weighted by Gasteiger charge is 2.35. The van der Waals surface area contributed by atoms with Crippen LogP contribution in [0.3, 0.4) is 0 Å². The predicted octanol–water partition coefficient (Wildman–Crippen LogP) is 3.36. The lowest BCUT2D eigenvalue weighted by Crippen LogP contribution is -2.40. The fraction of sp³-hybridized carbons (Fsp3) is 0.421. The van der Waals surface area contributed by atoms with Gasteiger partial charge in [-0.15, -0.1) is 11.3 Å². The smallest absolute Gasteiger partial charge is 0.307 e. The Morgan fingerprint density at radius 2 is 1.88 bits per heavy atom. The first-order valence-corrected chi connectivity index (χ1v) is 9.53. The van der Waals surface area contributed by atoms with Crippen molar-refractivity contribution in [1.29, 1.82) is 0 Å². The van der Waals surface area contributed by atoms with Crippen molar-refractivity contribution < 1.29 is 14.7 Å². The number of thiazole rings is 1. The van der Waals surface area contributed by atoms with E-state index in [4.69, 9.17) is 0 Å². The monoisotopic (exact) mass is 358 g/mol. The molecule has 0 saturated heterocycles. The van der Waals surface area contributed by atoms with E-state index in [9.17, 15) is 14.7 Å². The molecular formula is C19H22N2O3S. The van der Waals surface area contributed by atoms with Gasteiger partial charge in [-0.25, -0.2) is 4.98 Å². The number of amides is 1. The average Bonchev–Trinajstić information content (AvgIpc) is 3.11. The summed E-state index contributed by atoms with van der Waals surface area (Å²) in [6, 6.07) is 10.0. The first-order chi connectivity index (χ1) is 12.1. The van der Waals surface area contributed by atoms with Gasteiger partial charge in [0.2, 0.25) is 5.91 Å². The highest BCUT2D eigenvalue weighted by Crippen LogP contribution is 2.30. The van der Waals surface area contributed by atoms with Crippen LogP contribution in [0.5, 0.6) is 0 Å². The molecule has 0 aliphatic heterocycles. The molecule has 0 radical (unpaired) electrons. The van der Waals surface area contributed by atoms with Crippen molar-refractivity contribution in [3.8, 4) is 10.6 Å². The maximum atomic E-state index is 12.3. The minimum absolute atomic E-state index is 0.134. The second kappa shape index (κ2) is 8.25. The van der Waals surface area contributed by atoms with Crippen LogP contribution in [0, 0.1) is 11.8 Å². The second-order valence-corrected chi connectivity index (χ2v) is 7.24. The van der Waals surface area contributed by atoms with E-state index in [1.54, 1.807) is 11.3 Å². The van der Waals surface area contributed by atoms with Gasteiger partial charge < -0.3 is 10.4 Å². The van der Waals surface area contributed by atoms with Crippen LogP contribution in [0.1, 0.15) is 31.4 Å². The Bertz CT molecular complexity index is 729. The number of nitrogens with zero attached hydrogens (tertiary/aromatic N) is 1. The van der Waals surface area contributed by atoms with E-state index < -0.39 is 17.8 Å². The number of carboxylic acid groups (broad SMARTS) is 1. The number of hydrogen-bond acceptors (Lipinski definition) is 4. The van der Waals surface area contributed by atoms with E-state index in [1.807, 2.05) is 35.7 Å². The lowest BCUT2D eigenvalue weighted by molar-refractivity contribution is -0.148. The molecule has 1 aromatic carbocycles.